The van der Waals surface area contributed by atoms with Gasteiger partial charge < -0.3 is 9.84 Å². The van der Waals surface area contributed by atoms with Crippen molar-refractivity contribution in [2.24, 2.45) is 5.10 Å². The SMILES string of the molecule is COc1cc(/C=N\NC(=O)c2cncc(Br)c2)ccc1O. The van der Waals surface area contributed by atoms with Gasteiger partial charge >= 0.3 is 0 Å². The van der Waals surface area contributed by atoms with Crippen LogP contribution in [-0.4, -0.2) is 29.3 Å². The van der Waals surface area contributed by atoms with Gasteiger partial charge in [0.1, 0.15) is 0 Å². The summed E-state index contributed by atoms with van der Waals surface area (Å²) < 4.78 is 5.69. The molecule has 0 saturated heterocycles. The minimum Gasteiger partial charge on any atom is -0.504 e. The molecule has 2 rings (SSSR count). The highest BCUT2D eigenvalue weighted by Crippen LogP contribution is 2.25. The molecule has 0 atom stereocenters. The van der Waals surface area contributed by atoms with Crippen LogP contribution in [0.2, 0.25) is 0 Å². The van der Waals surface area contributed by atoms with Crippen LogP contribution in [0.1, 0.15) is 15.9 Å². The van der Waals surface area contributed by atoms with Crippen LogP contribution in [-0.2, 0) is 0 Å². The second-order valence-electron chi connectivity index (χ2n) is 4.02. The summed E-state index contributed by atoms with van der Waals surface area (Å²) in [5, 5.41) is 13.3. The van der Waals surface area contributed by atoms with Crippen molar-refractivity contribution in [1.29, 1.82) is 0 Å². The third-order valence-electron chi connectivity index (χ3n) is 2.55. The van der Waals surface area contributed by atoms with Crippen molar-refractivity contribution in [3.63, 3.8) is 0 Å². The summed E-state index contributed by atoms with van der Waals surface area (Å²) in [6.07, 6.45) is 4.48. The molecule has 0 aliphatic rings. The summed E-state index contributed by atoms with van der Waals surface area (Å²) in [6, 6.07) is 6.38. The molecular formula is C14H12BrN3O3. The van der Waals surface area contributed by atoms with Gasteiger partial charge in [-0.2, -0.15) is 5.10 Å². The molecule has 108 valence electrons. The van der Waals surface area contributed by atoms with E-state index in [1.54, 1.807) is 24.4 Å². The molecule has 2 aromatic rings. The third kappa shape index (κ3) is 4.03. The van der Waals surface area contributed by atoms with Crippen LogP contribution in [0.25, 0.3) is 0 Å². The molecule has 21 heavy (non-hydrogen) atoms. The molecule has 1 heterocycles. The van der Waals surface area contributed by atoms with Gasteiger partial charge in [-0.25, -0.2) is 5.43 Å². The highest BCUT2D eigenvalue weighted by molar-refractivity contribution is 9.10. The lowest BCUT2D eigenvalue weighted by molar-refractivity contribution is 0.0954. The molecule has 7 heteroatoms. The first kappa shape index (κ1) is 15.0. The van der Waals surface area contributed by atoms with E-state index in [0.29, 0.717) is 21.3 Å². The van der Waals surface area contributed by atoms with Crippen molar-refractivity contribution in [2.45, 2.75) is 0 Å². The van der Waals surface area contributed by atoms with E-state index in [9.17, 15) is 9.90 Å². The molecule has 0 spiro atoms. The molecule has 0 radical (unpaired) electrons. The van der Waals surface area contributed by atoms with Crippen LogP contribution in [0.3, 0.4) is 0 Å². The van der Waals surface area contributed by atoms with Gasteiger partial charge in [0.2, 0.25) is 0 Å². The van der Waals surface area contributed by atoms with E-state index < -0.39 is 0 Å². The average Bonchev–Trinajstić information content (AvgIpc) is 2.48. The van der Waals surface area contributed by atoms with Crippen LogP contribution in [0.4, 0.5) is 0 Å². The summed E-state index contributed by atoms with van der Waals surface area (Å²) in [5.41, 5.74) is 3.46. The van der Waals surface area contributed by atoms with E-state index in [1.807, 2.05) is 0 Å². The minimum atomic E-state index is -0.370. The third-order valence-corrected chi connectivity index (χ3v) is 2.98. The van der Waals surface area contributed by atoms with Gasteiger partial charge in [-0.1, -0.05) is 0 Å². The number of carbonyl (C=O) groups is 1. The summed E-state index contributed by atoms with van der Waals surface area (Å²) >= 11 is 3.24. The lowest BCUT2D eigenvalue weighted by Gasteiger charge is -2.03. The number of pyridine rings is 1. The molecule has 0 fully saturated rings. The van der Waals surface area contributed by atoms with Gasteiger partial charge in [-0.15, -0.1) is 0 Å². The maximum Gasteiger partial charge on any atom is 0.272 e. The fraction of sp³-hybridized carbons (Fsp3) is 0.0714. The standard InChI is InChI=1S/C14H12BrN3O3/c1-21-13-4-9(2-3-12(13)19)6-17-18-14(20)10-5-11(15)8-16-7-10/h2-8,19H,1H3,(H,18,20)/b17-6-. The topological polar surface area (TPSA) is 83.8 Å². The zero-order valence-electron chi connectivity index (χ0n) is 11.1. The number of carbonyl (C=O) groups excluding carboxylic acids is 1. The summed E-state index contributed by atoms with van der Waals surface area (Å²) in [4.78, 5) is 15.7. The molecule has 0 saturated carbocycles. The second kappa shape index (κ2) is 6.85. The van der Waals surface area contributed by atoms with Crippen molar-refractivity contribution < 1.29 is 14.6 Å². The van der Waals surface area contributed by atoms with E-state index in [-0.39, 0.29) is 11.7 Å². The van der Waals surface area contributed by atoms with E-state index in [4.69, 9.17) is 4.74 Å². The number of amides is 1. The number of hydrogen-bond donors (Lipinski definition) is 2. The average molecular weight is 350 g/mol. The highest BCUT2D eigenvalue weighted by atomic mass is 79.9. The van der Waals surface area contributed by atoms with E-state index in [0.717, 1.165) is 0 Å². The Morgan fingerprint density at radius 3 is 2.95 bits per heavy atom. The summed E-state index contributed by atoms with van der Waals surface area (Å²) in [7, 11) is 1.46. The lowest BCUT2D eigenvalue weighted by atomic mass is 10.2. The van der Waals surface area contributed by atoms with Crippen molar-refractivity contribution in [2.75, 3.05) is 7.11 Å². The largest absolute Gasteiger partial charge is 0.504 e. The number of aromatic hydroxyl groups is 1. The Morgan fingerprint density at radius 2 is 2.24 bits per heavy atom. The Labute approximate surface area is 129 Å². The number of hydrogen-bond acceptors (Lipinski definition) is 5. The molecule has 0 unspecified atom stereocenters. The molecule has 1 amide bonds. The molecule has 1 aromatic heterocycles. The zero-order valence-corrected chi connectivity index (χ0v) is 12.7. The van der Waals surface area contributed by atoms with Crippen LogP contribution in [0.5, 0.6) is 11.5 Å². The predicted octanol–water partition coefficient (Wildman–Crippen LogP) is 2.32. The Kier molecular flexibility index (Phi) is 4.89. The van der Waals surface area contributed by atoms with E-state index in [1.165, 1.54) is 25.6 Å². The fourth-order valence-electron chi connectivity index (χ4n) is 1.54. The Morgan fingerprint density at radius 1 is 1.43 bits per heavy atom. The molecule has 0 aliphatic carbocycles. The van der Waals surface area contributed by atoms with Gasteiger partial charge in [-0.3, -0.25) is 9.78 Å². The molecule has 0 bridgehead atoms. The number of rotatable bonds is 4. The molecule has 2 N–H and O–H groups in total. The first-order chi connectivity index (χ1) is 10.1. The van der Waals surface area contributed by atoms with Crippen LogP contribution >= 0.6 is 15.9 Å². The number of halogens is 1. The fourth-order valence-corrected chi connectivity index (χ4v) is 1.91. The lowest BCUT2D eigenvalue weighted by Crippen LogP contribution is -2.17. The number of methoxy groups -OCH3 is 1. The smallest absolute Gasteiger partial charge is 0.272 e. The monoisotopic (exact) mass is 349 g/mol. The molecule has 6 nitrogen and oxygen atoms in total. The van der Waals surface area contributed by atoms with Gasteiger partial charge in [0.25, 0.3) is 5.91 Å². The van der Waals surface area contributed by atoms with Crippen molar-refractivity contribution in [3.8, 4) is 11.5 Å². The normalized spacial score (nSPS) is 10.6. The quantitative estimate of drug-likeness (QED) is 0.655. The van der Waals surface area contributed by atoms with Crippen LogP contribution in [0.15, 0.2) is 46.2 Å². The Bertz CT molecular complexity index is 689. The number of phenols is 1. The molecule has 0 aliphatic heterocycles. The first-order valence-corrected chi connectivity index (χ1v) is 6.70. The number of nitrogens with zero attached hydrogens (tertiary/aromatic N) is 2. The Hall–Kier alpha value is -2.41. The predicted molar refractivity (Wildman–Crippen MR) is 81.7 cm³/mol. The van der Waals surface area contributed by atoms with Gasteiger partial charge in [0.15, 0.2) is 11.5 Å². The van der Waals surface area contributed by atoms with Crippen LogP contribution in [0, 0.1) is 0 Å². The molecule has 1 aromatic carbocycles. The summed E-state index contributed by atoms with van der Waals surface area (Å²) in [6.45, 7) is 0. The number of hydrazone groups is 1. The number of nitrogens with one attached hydrogen (secondary N) is 1. The molecular weight excluding hydrogens is 338 g/mol. The van der Waals surface area contributed by atoms with Crippen molar-refractivity contribution >= 4 is 28.1 Å². The van der Waals surface area contributed by atoms with Gasteiger partial charge in [0, 0.05) is 16.9 Å². The first-order valence-electron chi connectivity index (χ1n) is 5.91. The van der Waals surface area contributed by atoms with Gasteiger partial charge in [0.05, 0.1) is 18.9 Å². The minimum absolute atomic E-state index is 0.0406. The number of benzene rings is 1. The highest BCUT2D eigenvalue weighted by Gasteiger charge is 2.05. The van der Waals surface area contributed by atoms with Gasteiger partial charge in [-0.05, 0) is 45.8 Å². The van der Waals surface area contributed by atoms with E-state index in [2.05, 4.69) is 31.4 Å². The maximum atomic E-state index is 11.8. The number of aromatic nitrogens is 1. The number of phenolic OH excluding ortho intramolecular Hbond substituents is 1. The maximum absolute atomic E-state index is 11.8. The number of ether oxygens (including phenoxy) is 1. The van der Waals surface area contributed by atoms with Crippen molar-refractivity contribution in [1.82, 2.24) is 10.4 Å². The van der Waals surface area contributed by atoms with Crippen molar-refractivity contribution in [3.05, 3.63) is 52.3 Å². The Balaban J connectivity index is 2.04. The van der Waals surface area contributed by atoms with E-state index >= 15 is 0 Å². The zero-order chi connectivity index (χ0) is 15.2. The summed E-state index contributed by atoms with van der Waals surface area (Å²) in [5.74, 6) is 0.00570. The van der Waals surface area contributed by atoms with Crippen LogP contribution < -0.4 is 10.2 Å². The second-order valence-corrected chi connectivity index (χ2v) is 4.94.